The van der Waals surface area contributed by atoms with Crippen molar-refractivity contribution in [3.8, 4) is 5.75 Å². The number of nitrogens with one attached hydrogen (secondary N) is 2. The number of carbonyl (C=O) groups is 1. The maximum absolute atomic E-state index is 12.8. The molecule has 1 aliphatic carbocycles. The molecule has 162 valence electrons. The second-order valence-corrected chi connectivity index (χ2v) is 8.01. The second kappa shape index (κ2) is 9.67. The van der Waals surface area contributed by atoms with Crippen molar-refractivity contribution >= 4 is 18.3 Å². The minimum absolute atomic E-state index is 0. The molecule has 1 aromatic heterocycles. The van der Waals surface area contributed by atoms with E-state index in [1.54, 1.807) is 14.0 Å². The Hall–Kier alpha value is -2.31. The number of benzene rings is 1. The van der Waals surface area contributed by atoms with Crippen molar-refractivity contribution in [2.24, 2.45) is 0 Å². The Balaban J connectivity index is 0.00000256. The summed E-state index contributed by atoms with van der Waals surface area (Å²) in [6, 6.07) is 6.01. The molecule has 1 saturated heterocycles. The van der Waals surface area contributed by atoms with E-state index in [0.717, 1.165) is 56.5 Å². The van der Waals surface area contributed by atoms with Crippen molar-refractivity contribution in [2.45, 2.75) is 51.5 Å². The standard InChI is InChI=1S/C23H28N2O4.ClH/c1-14-9-20(17-7-4-8-24-12-17)29-23(27)21(14)22(26)25-13-18-10-15-5-3-6-16(15)11-19(18)28-2;/h9-11,17,24H,3-8,12-13H2,1-2H3,(H,25,26);1H. The maximum Gasteiger partial charge on any atom is 0.349 e. The minimum Gasteiger partial charge on any atom is -0.496 e. The van der Waals surface area contributed by atoms with Crippen molar-refractivity contribution in [2.75, 3.05) is 20.2 Å². The number of ether oxygens (including phenoxy) is 1. The SMILES string of the molecule is COc1cc2c(cc1CNC(=O)c1c(C)cc(C3CCCNC3)oc1=O)CCC2.Cl. The van der Waals surface area contributed by atoms with Crippen LogP contribution in [0.4, 0.5) is 0 Å². The van der Waals surface area contributed by atoms with Crippen LogP contribution in [-0.2, 0) is 19.4 Å². The summed E-state index contributed by atoms with van der Waals surface area (Å²) in [4.78, 5) is 25.3. The molecule has 30 heavy (non-hydrogen) atoms. The molecular weight excluding hydrogens is 404 g/mol. The van der Waals surface area contributed by atoms with Gasteiger partial charge in [0.15, 0.2) is 0 Å². The molecule has 1 amide bonds. The number of rotatable bonds is 5. The van der Waals surface area contributed by atoms with E-state index in [1.807, 2.05) is 6.07 Å². The lowest BCUT2D eigenvalue weighted by Crippen LogP contribution is -2.31. The fourth-order valence-corrected chi connectivity index (χ4v) is 4.45. The molecule has 0 bridgehead atoms. The van der Waals surface area contributed by atoms with Crippen LogP contribution in [0.3, 0.4) is 0 Å². The predicted molar refractivity (Wildman–Crippen MR) is 118 cm³/mol. The highest BCUT2D eigenvalue weighted by Gasteiger charge is 2.23. The van der Waals surface area contributed by atoms with E-state index in [4.69, 9.17) is 9.15 Å². The van der Waals surface area contributed by atoms with Crippen molar-refractivity contribution in [1.82, 2.24) is 10.6 Å². The monoisotopic (exact) mass is 432 g/mol. The Morgan fingerprint density at radius 2 is 2.00 bits per heavy atom. The maximum atomic E-state index is 12.8. The Morgan fingerprint density at radius 3 is 2.67 bits per heavy atom. The van der Waals surface area contributed by atoms with Gasteiger partial charge >= 0.3 is 5.63 Å². The Bertz CT molecular complexity index is 980. The van der Waals surface area contributed by atoms with Crippen LogP contribution in [0.1, 0.15) is 63.6 Å². The van der Waals surface area contributed by atoms with Gasteiger partial charge in [0.25, 0.3) is 5.91 Å². The lowest BCUT2D eigenvalue weighted by atomic mass is 9.95. The van der Waals surface area contributed by atoms with Gasteiger partial charge in [0.1, 0.15) is 17.1 Å². The Kier molecular flexibility index (Phi) is 7.21. The van der Waals surface area contributed by atoms with E-state index in [2.05, 4.69) is 22.8 Å². The molecule has 2 aromatic rings. The normalized spacial score (nSPS) is 17.7. The van der Waals surface area contributed by atoms with E-state index in [1.165, 1.54) is 11.1 Å². The van der Waals surface area contributed by atoms with E-state index >= 15 is 0 Å². The van der Waals surface area contributed by atoms with Gasteiger partial charge in [0, 0.05) is 24.6 Å². The predicted octanol–water partition coefficient (Wildman–Crippen LogP) is 3.26. The molecule has 1 aliphatic heterocycles. The van der Waals surface area contributed by atoms with Gasteiger partial charge in [-0.15, -0.1) is 12.4 Å². The highest BCUT2D eigenvalue weighted by Crippen LogP contribution is 2.30. The Labute approximate surface area is 182 Å². The number of methoxy groups -OCH3 is 1. The van der Waals surface area contributed by atoms with E-state index < -0.39 is 11.5 Å². The smallest absolute Gasteiger partial charge is 0.349 e. The number of halogens is 1. The summed E-state index contributed by atoms with van der Waals surface area (Å²) in [5.41, 5.74) is 3.73. The summed E-state index contributed by atoms with van der Waals surface area (Å²) < 4.78 is 11.0. The summed E-state index contributed by atoms with van der Waals surface area (Å²) in [5, 5.41) is 6.19. The lowest BCUT2D eigenvalue weighted by Gasteiger charge is -2.22. The van der Waals surface area contributed by atoms with Crippen LogP contribution in [0.2, 0.25) is 0 Å². The fourth-order valence-electron chi connectivity index (χ4n) is 4.45. The van der Waals surface area contributed by atoms with Crippen LogP contribution in [0.25, 0.3) is 0 Å². The molecule has 0 spiro atoms. The number of hydrogen-bond acceptors (Lipinski definition) is 5. The molecular formula is C23H29ClN2O4. The zero-order valence-electron chi connectivity index (χ0n) is 17.5. The van der Waals surface area contributed by atoms with Crippen LogP contribution < -0.4 is 21.0 Å². The van der Waals surface area contributed by atoms with Gasteiger partial charge in [-0.25, -0.2) is 4.79 Å². The number of aryl methyl sites for hydroxylation is 3. The topological polar surface area (TPSA) is 80.6 Å². The van der Waals surface area contributed by atoms with Crippen LogP contribution in [0.5, 0.6) is 5.75 Å². The average molecular weight is 433 g/mol. The van der Waals surface area contributed by atoms with Crippen molar-refractivity contribution in [1.29, 1.82) is 0 Å². The number of piperidine rings is 1. The molecule has 1 aromatic carbocycles. The third-order valence-electron chi connectivity index (χ3n) is 6.03. The first-order chi connectivity index (χ1) is 14.1. The number of amides is 1. The summed E-state index contributed by atoms with van der Waals surface area (Å²) in [7, 11) is 1.64. The lowest BCUT2D eigenvalue weighted by molar-refractivity contribution is 0.0945. The van der Waals surface area contributed by atoms with Crippen LogP contribution in [0, 0.1) is 6.92 Å². The third-order valence-corrected chi connectivity index (χ3v) is 6.03. The number of carbonyl (C=O) groups excluding carboxylic acids is 1. The molecule has 0 saturated carbocycles. The molecule has 1 unspecified atom stereocenters. The zero-order chi connectivity index (χ0) is 20.4. The van der Waals surface area contributed by atoms with Gasteiger partial charge in [-0.2, -0.15) is 0 Å². The van der Waals surface area contributed by atoms with E-state index in [0.29, 0.717) is 17.9 Å². The van der Waals surface area contributed by atoms with Crippen molar-refractivity contribution in [3.63, 3.8) is 0 Å². The molecule has 1 atom stereocenters. The van der Waals surface area contributed by atoms with Gasteiger partial charge in [-0.05, 0) is 74.4 Å². The highest BCUT2D eigenvalue weighted by atomic mass is 35.5. The third kappa shape index (κ3) is 4.55. The zero-order valence-corrected chi connectivity index (χ0v) is 18.3. The number of fused-ring (bicyclic) bond motifs is 1. The molecule has 2 heterocycles. The quantitative estimate of drug-likeness (QED) is 0.757. The van der Waals surface area contributed by atoms with Crippen LogP contribution in [0.15, 0.2) is 27.4 Å². The average Bonchev–Trinajstić information content (AvgIpc) is 3.19. The molecule has 7 heteroatoms. The fraction of sp³-hybridized carbons (Fsp3) is 0.478. The summed E-state index contributed by atoms with van der Waals surface area (Å²) in [5.74, 6) is 1.21. The molecule has 2 N–H and O–H groups in total. The molecule has 0 radical (unpaired) electrons. The van der Waals surface area contributed by atoms with E-state index in [-0.39, 0.29) is 23.9 Å². The summed E-state index contributed by atoms with van der Waals surface area (Å²) in [6.07, 6.45) is 5.32. The minimum atomic E-state index is -0.566. The van der Waals surface area contributed by atoms with Gasteiger partial charge in [0.2, 0.25) is 0 Å². The van der Waals surface area contributed by atoms with Crippen LogP contribution in [-0.4, -0.2) is 26.1 Å². The van der Waals surface area contributed by atoms with Gasteiger partial charge in [0.05, 0.1) is 7.11 Å². The largest absolute Gasteiger partial charge is 0.496 e. The molecule has 1 fully saturated rings. The van der Waals surface area contributed by atoms with Crippen molar-refractivity contribution in [3.05, 3.63) is 62.2 Å². The molecule has 2 aliphatic rings. The number of hydrogen-bond donors (Lipinski definition) is 2. The van der Waals surface area contributed by atoms with Crippen LogP contribution >= 0.6 is 12.4 Å². The first-order valence-corrected chi connectivity index (χ1v) is 10.4. The first kappa shape index (κ1) is 22.4. The molecule has 4 rings (SSSR count). The Morgan fingerprint density at radius 1 is 1.23 bits per heavy atom. The molecule has 6 nitrogen and oxygen atoms in total. The summed E-state index contributed by atoms with van der Waals surface area (Å²) >= 11 is 0. The highest BCUT2D eigenvalue weighted by molar-refractivity contribution is 5.95. The second-order valence-electron chi connectivity index (χ2n) is 8.01. The van der Waals surface area contributed by atoms with Crippen molar-refractivity contribution < 1.29 is 13.9 Å². The van der Waals surface area contributed by atoms with E-state index in [9.17, 15) is 9.59 Å². The first-order valence-electron chi connectivity index (χ1n) is 10.4. The van der Waals surface area contributed by atoms with Gasteiger partial charge < -0.3 is 19.8 Å². The van der Waals surface area contributed by atoms with Gasteiger partial charge in [-0.1, -0.05) is 6.07 Å². The van der Waals surface area contributed by atoms with Gasteiger partial charge in [-0.3, -0.25) is 4.79 Å². The summed E-state index contributed by atoms with van der Waals surface area (Å²) in [6.45, 7) is 3.89.